The molecule has 2 heterocycles. The normalized spacial score (nSPS) is 23.6. The molecule has 2 aliphatic heterocycles. The highest BCUT2D eigenvalue weighted by Crippen LogP contribution is 2.21. The molecule has 0 saturated carbocycles. The van der Waals surface area contributed by atoms with E-state index in [2.05, 4.69) is 4.90 Å². The van der Waals surface area contributed by atoms with Crippen LogP contribution in [0.3, 0.4) is 0 Å². The fourth-order valence-corrected chi connectivity index (χ4v) is 5.55. The quantitative estimate of drug-likeness (QED) is 0.803. The van der Waals surface area contributed by atoms with Gasteiger partial charge >= 0.3 is 0 Å². The zero-order valence-electron chi connectivity index (χ0n) is 14.8. The molecule has 0 radical (unpaired) electrons. The van der Waals surface area contributed by atoms with E-state index in [9.17, 15) is 13.2 Å². The summed E-state index contributed by atoms with van der Waals surface area (Å²) in [5.74, 6) is 0.552. The molecule has 0 aromatic heterocycles. The third-order valence-corrected chi connectivity index (χ3v) is 7.00. The molecule has 0 bridgehead atoms. The first-order valence-electron chi connectivity index (χ1n) is 9.30. The Morgan fingerprint density at radius 2 is 1.76 bits per heavy atom. The smallest absolute Gasteiger partial charge is 0.236 e. The lowest BCUT2D eigenvalue weighted by Crippen LogP contribution is -2.45. The summed E-state index contributed by atoms with van der Waals surface area (Å²) < 4.78 is 23.8. The molecule has 2 aliphatic rings. The molecule has 6 heteroatoms. The van der Waals surface area contributed by atoms with Gasteiger partial charge in [-0.3, -0.25) is 9.69 Å². The SMILES string of the molecule is O=C(CN(Cc1ccccc1)C1CCS(=O)(=O)C1)N1CCCCCC1. The van der Waals surface area contributed by atoms with Crippen molar-refractivity contribution in [2.45, 2.75) is 44.7 Å². The number of carbonyl (C=O) groups is 1. The van der Waals surface area contributed by atoms with E-state index >= 15 is 0 Å². The molecule has 25 heavy (non-hydrogen) atoms. The van der Waals surface area contributed by atoms with Crippen LogP contribution in [0.5, 0.6) is 0 Å². The highest BCUT2D eigenvalue weighted by Gasteiger charge is 2.33. The van der Waals surface area contributed by atoms with Crippen molar-refractivity contribution in [1.82, 2.24) is 9.80 Å². The maximum absolute atomic E-state index is 12.8. The Labute approximate surface area is 150 Å². The van der Waals surface area contributed by atoms with E-state index in [1.165, 1.54) is 12.8 Å². The fraction of sp³-hybridized carbons (Fsp3) is 0.632. The minimum atomic E-state index is -2.97. The Kier molecular flexibility index (Phi) is 6.12. The van der Waals surface area contributed by atoms with Gasteiger partial charge in [0.25, 0.3) is 0 Å². The predicted molar refractivity (Wildman–Crippen MR) is 99.0 cm³/mol. The maximum atomic E-state index is 12.8. The second-order valence-electron chi connectivity index (χ2n) is 7.24. The molecule has 1 aromatic carbocycles. The average Bonchev–Trinajstić information content (AvgIpc) is 2.80. The molecule has 1 amide bonds. The van der Waals surface area contributed by atoms with Crippen molar-refractivity contribution in [2.75, 3.05) is 31.1 Å². The minimum absolute atomic E-state index is 0.0545. The molecule has 0 spiro atoms. The summed E-state index contributed by atoms with van der Waals surface area (Å²) in [5.41, 5.74) is 1.12. The topological polar surface area (TPSA) is 57.7 Å². The summed E-state index contributed by atoms with van der Waals surface area (Å²) >= 11 is 0. The summed E-state index contributed by atoms with van der Waals surface area (Å²) in [6, 6.07) is 9.95. The molecule has 138 valence electrons. The lowest BCUT2D eigenvalue weighted by atomic mass is 10.1. The van der Waals surface area contributed by atoms with Crippen LogP contribution in [0.15, 0.2) is 30.3 Å². The first kappa shape index (κ1) is 18.4. The molecule has 2 fully saturated rings. The first-order valence-corrected chi connectivity index (χ1v) is 11.1. The Bertz CT molecular complexity index is 667. The minimum Gasteiger partial charge on any atom is -0.342 e. The number of carbonyl (C=O) groups excluding carboxylic acids is 1. The maximum Gasteiger partial charge on any atom is 0.236 e. The van der Waals surface area contributed by atoms with Crippen molar-refractivity contribution in [3.05, 3.63) is 35.9 Å². The van der Waals surface area contributed by atoms with Crippen LogP contribution in [0.1, 0.15) is 37.7 Å². The van der Waals surface area contributed by atoms with E-state index in [1.54, 1.807) is 0 Å². The number of nitrogens with zero attached hydrogens (tertiary/aromatic N) is 2. The molecule has 5 nitrogen and oxygen atoms in total. The van der Waals surface area contributed by atoms with Crippen LogP contribution in [-0.2, 0) is 21.2 Å². The summed E-state index contributed by atoms with van der Waals surface area (Å²) in [6.45, 7) is 2.61. The third kappa shape index (κ3) is 5.28. The van der Waals surface area contributed by atoms with Crippen LogP contribution >= 0.6 is 0 Å². The Morgan fingerprint density at radius 1 is 1.08 bits per heavy atom. The zero-order valence-corrected chi connectivity index (χ0v) is 15.6. The molecular weight excluding hydrogens is 336 g/mol. The number of benzene rings is 1. The van der Waals surface area contributed by atoms with Crippen LogP contribution in [0.25, 0.3) is 0 Å². The third-order valence-electron chi connectivity index (χ3n) is 5.25. The van der Waals surface area contributed by atoms with Gasteiger partial charge in [-0.1, -0.05) is 43.2 Å². The molecule has 0 N–H and O–H groups in total. The number of amides is 1. The van der Waals surface area contributed by atoms with Crippen LogP contribution < -0.4 is 0 Å². The summed E-state index contributed by atoms with van der Waals surface area (Å²) in [6.07, 6.45) is 5.16. The molecular formula is C19H28N2O3S. The fourth-order valence-electron chi connectivity index (χ4n) is 3.79. The standard InChI is InChI=1S/C19H28N2O3S/c22-19(20-11-6-1-2-7-12-20)15-21(14-17-8-4-3-5-9-17)18-10-13-25(23,24)16-18/h3-5,8-9,18H,1-2,6-7,10-16H2. The second-order valence-corrected chi connectivity index (χ2v) is 9.47. The van der Waals surface area contributed by atoms with Crippen LogP contribution in [0.4, 0.5) is 0 Å². The number of rotatable bonds is 5. The molecule has 2 saturated heterocycles. The van der Waals surface area contributed by atoms with Gasteiger partial charge in [0.05, 0.1) is 18.1 Å². The molecule has 1 unspecified atom stereocenters. The van der Waals surface area contributed by atoms with Gasteiger partial charge in [-0.25, -0.2) is 8.42 Å². The van der Waals surface area contributed by atoms with E-state index in [0.717, 1.165) is 31.5 Å². The molecule has 3 rings (SSSR count). The molecule has 0 aliphatic carbocycles. The monoisotopic (exact) mass is 364 g/mol. The molecule has 1 aromatic rings. The van der Waals surface area contributed by atoms with Crippen molar-refractivity contribution in [1.29, 1.82) is 0 Å². The predicted octanol–water partition coefficient (Wildman–Crippen LogP) is 2.08. The van der Waals surface area contributed by atoms with Crippen molar-refractivity contribution in [3.63, 3.8) is 0 Å². The summed E-state index contributed by atoms with van der Waals surface area (Å²) in [7, 11) is -2.97. The largest absolute Gasteiger partial charge is 0.342 e. The van der Waals surface area contributed by atoms with E-state index in [4.69, 9.17) is 0 Å². The lowest BCUT2D eigenvalue weighted by Gasteiger charge is -2.30. The van der Waals surface area contributed by atoms with Gasteiger partial charge in [0.2, 0.25) is 5.91 Å². The van der Waals surface area contributed by atoms with Crippen LogP contribution in [-0.4, -0.2) is 61.3 Å². The summed E-state index contributed by atoms with van der Waals surface area (Å²) in [4.78, 5) is 16.8. The average molecular weight is 365 g/mol. The number of likely N-dealkylation sites (tertiary alicyclic amines) is 1. The van der Waals surface area contributed by atoms with E-state index in [0.29, 0.717) is 19.5 Å². The van der Waals surface area contributed by atoms with Crippen molar-refractivity contribution in [3.8, 4) is 0 Å². The van der Waals surface area contributed by atoms with Crippen molar-refractivity contribution >= 4 is 15.7 Å². The number of hydrogen-bond donors (Lipinski definition) is 0. The molecule has 1 atom stereocenters. The van der Waals surface area contributed by atoms with Gasteiger partial charge in [0.15, 0.2) is 9.84 Å². The van der Waals surface area contributed by atoms with Gasteiger partial charge in [-0.15, -0.1) is 0 Å². The van der Waals surface area contributed by atoms with Crippen LogP contribution in [0.2, 0.25) is 0 Å². The van der Waals surface area contributed by atoms with Gasteiger partial charge in [-0.05, 0) is 24.8 Å². The Balaban J connectivity index is 1.70. The van der Waals surface area contributed by atoms with Gasteiger partial charge in [0, 0.05) is 25.7 Å². The van der Waals surface area contributed by atoms with E-state index in [-0.39, 0.29) is 23.5 Å². The van der Waals surface area contributed by atoms with E-state index < -0.39 is 9.84 Å². The number of hydrogen-bond acceptors (Lipinski definition) is 4. The van der Waals surface area contributed by atoms with Crippen LogP contribution in [0, 0.1) is 0 Å². The van der Waals surface area contributed by atoms with Gasteiger partial charge in [0.1, 0.15) is 0 Å². The Hall–Kier alpha value is -1.40. The zero-order chi connectivity index (χ0) is 17.7. The lowest BCUT2D eigenvalue weighted by molar-refractivity contribution is -0.133. The van der Waals surface area contributed by atoms with Crippen molar-refractivity contribution in [2.24, 2.45) is 0 Å². The summed E-state index contributed by atoms with van der Waals surface area (Å²) in [5, 5.41) is 0. The van der Waals surface area contributed by atoms with E-state index in [1.807, 2.05) is 35.2 Å². The van der Waals surface area contributed by atoms with Gasteiger partial charge in [-0.2, -0.15) is 0 Å². The van der Waals surface area contributed by atoms with Crippen molar-refractivity contribution < 1.29 is 13.2 Å². The highest BCUT2D eigenvalue weighted by molar-refractivity contribution is 7.91. The Morgan fingerprint density at radius 3 is 2.36 bits per heavy atom. The number of sulfone groups is 1. The highest BCUT2D eigenvalue weighted by atomic mass is 32.2. The van der Waals surface area contributed by atoms with Gasteiger partial charge < -0.3 is 4.90 Å². The first-order chi connectivity index (χ1) is 12.0. The second kappa shape index (κ2) is 8.32.